The Morgan fingerprint density at radius 3 is 2.27 bits per heavy atom. The Balaban J connectivity index is 3.64. The van der Waals surface area contributed by atoms with Gasteiger partial charge in [-0.15, -0.1) is 0 Å². The summed E-state index contributed by atoms with van der Waals surface area (Å²) >= 11 is 5.99. The molecule has 0 aliphatic heterocycles. The van der Waals surface area contributed by atoms with Crippen LogP contribution >= 0.6 is 11.1 Å². The SMILES string of the molecule is CN(C)C(=O)NC[Si](C)(C)Cl. The molecule has 0 spiro atoms. The lowest BCUT2D eigenvalue weighted by Gasteiger charge is -2.16. The Bertz CT molecular complexity index is 144. The van der Waals surface area contributed by atoms with Gasteiger partial charge in [0.15, 0.2) is 7.38 Å². The second kappa shape index (κ2) is 3.97. The molecule has 0 aromatic heterocycles. The third-order valence-corrected chi connectivity index (χ3v) is 2.48. The van der Waals surface area contributed by atoms with E-state index in [4.69, 9.17) is 11.1 Å². The molecule has 0 heterocycles. The van der Waals surface area contributed by atoms with Gasteiger partial charge in [0.05, 0.1) is 0 Å². The lowest BCUT2D eigenvalue weighted by molar-refractivity contribution is 0.219. The quantitative estimate of drug-likeness (QED) is 0.521. The van der Waals surface area contributed by atoms with E-state index in [1.807, 2.05) is 13.1 Å². The van der Waals surface area contributed by atoms with Gasteiger partial charge in [-0.25, -0.2) is 4.79 Å². The number of rotatable bonds is 2. The summed E-state index contributed by atoms with van der Waals surface area (Å²) in [5, 5.41) is 2.74. The molecule has 0 aliphatic carbocycles. The van der Waals surface area contributed by atoms with Crippen LogP contribution in [-0.4, -0.2) is 38.6 Å². The third-order valence-electron chi connectivity index (χ3n) is 1.07. The van der Waals surface area contributed by atoms with Gasteiger partial charge >= 0.3 is 6.03 Å². The molecule has 0 rings (SSSR count). The summed E-state index contributed by atoms with van der Waals surface area (Å²) in [6.45, 7) is 3.98. The molecule has 0 fully saturated rings. The maximum atomic E-state index is 11.0. The number of halogens is 1. The Morgan fingerprint density at radius 2 is 2.00 bits per heavy atom. The van der Waals surface area contributed by atoms with Crippen LogP contribution in [0, 0.1) is 0 Å². The van der Waals surface area contributed by atoms with Crippen molar-refractivity contribution in [3.05, 3.63) is 0 Å². The standard InChI is InChI=1S/C6H15ClN2OSi/c1-9(2)6(10)8-5-11(3,4)7/h5H2,1-4H3,(H,8,10). The van der Waals surface area contributed by atoms with Crippen molar-refractivity contribution in [1.29, 1.82) is 0 Å². The fraction of sp³-hybridized carbons (Fsp3) is 0.833. The van der Waals surface area contributed by atoms with Gasteiger partial charge in [-0.3, -0.25) is 0 Å². The van der Waals surface area contributed by atoms with E-state index in [2.05, 4.69) is 5.32 Å². The van der Waals surface area contributed by atoms with E-state index in [0.29, 0.717) is 6.17 Å². The first kappa shape index (κ1) is 10.8. The summed E-state index contributed by atoms with van der Waals surface area (Å²) in [7, 11) is 1.76. The van der Waals surface area contributed by atoms with Crippen LogP contribution in [0.3, 0.4) is 0 Å². The molecular weight excluding hydrogens is 180 g/mol. The minimum Gasteiger partial charge on any atom is -0.340 e. The molecule has 11 heavy (non-hydrogen) atoms. The predicted molar refractivity (Wildman–Crippen MR) is 50.4 cm³/mol. The number of hydrogen-bond acceptors (Lipinski definition) is 1. The number of urea groups is 1. The highest BCUT2D eigenvalue weighted by Gasteiger charge is 2.17. The summed E-state index contributed by atoms with van der Waals surface area (Å²) in [6, 6.07) is -0.0776. The molecule has 0 bridgehead atoms. The van der Waals surface area contributed by atoms with Crippen LogP contribution in [0.2, 0.25) is 13.1 Å². The number of nitrogens with zero attached hydrogens (tertiary/aromatic N) is 1. The molecule has 0 unspecified atom stereocenters. The number of nitrogens with one attached hydrogen (secondary N) is 1. The van der Waals surface area contributed by atoms with Gasteiger partial charge in [0.25, 0.3) is 0 Å². The number of hydrogen-bond donors (Lipinski definition) is 1. The monoisotopic (exact) mass is 194 g/mol. The minimum atomic E-state index is -1.65. The average Bonchev–Trinajstić information content (AvgIpc) is 1.80. The van der Waals surface area contributed by atoms with Crippen molar-refractivity contribution in [3.8, 4) is 0 Å². The van der Waals surface area contributed by atoms with Crippen molar-refractivity contribution in [2.45, 2.75) is 13.1 Å². The second-order valence-electron chi connectivity index (χ2n) is 3.27. The van der Waals surface area contributed by atoms with Crippen molar-refractivity contribution >= 4 is 24.5 Å². The Morgan fingerprint density at radius 1 is 1.55 bits per heavy atom. The number of carbonyl (C=O) groups excluding carboxylic acids is 1. The second-order valence-corrected chi connectivity index (χ2v) is 10.1. The van der Waals surface area contributed by atoms with E-state index < -0.39 is 7.38 Å². The maximum absolute atomic E-state index is 11.0. The molecule has 0 atom stereocenters. The van der Waals surface area contributed by atoms with E-state index in [1.54, 1.807) is 14.1 Å². The predicted octanol–water partition coefficient (Wildman–Crippen LogP) is 1.24. The van der Waals surface area contributed by atoms with Crippen molar-refractivity contribution in [2.75, 3.05) is 20.3 Å². The highest BCUT2D eigenvalue weighted by atomic mass is 35.6. The van der Waals surface area contributed by atoms with Gasteiger partial charge < -0.3 is 10.2 Å². The van der Waals surface area contributed by atoms with Crippen molar-refractivity contribution < 1.29 is 4.79 Å². The summed E-state index contributed by atoms with van der Waals surface area (Å²) in [5.74, 6) is 0. The van der Waals surface area contributed by atoms with Gasteiger partial charge in [-0.2, -0.15) is 11.1 Å². The Kier molecular flexibility index (Phi) is 3.89. The largest absolute Gasteiger partial charge is 0.340 e. The fourth-order valence-electron chi connectivity index (χ4n) is 0.444. The van der Waals surface area contributed by atoms with Crippen molar-refractivity contribution in [2.24, 2.45) is 0 Å². The van der Waals surface area contributed by atoms with Crippen LogP contribution in [0.4, 0.5) is 4.79 Å². The van der Waals surface area contributed by atoms with Crippen LogP contribution in [0.1, 0.15) is 0 Å². The molecule has 0 saturated carbocycles. The molecule has 0 radical (unpaired) electrons. The van der Waals surface area contributed by atoms with E-state index in [-0.39, 0.29) is 6.03 Å². The van der Waals surface area contributed by atoms with Crippen LogP contribution < -0.4 is 5.32 Å². The smallest absolute Gasteiger partial charge is 0.316 e. The lowest BCUT2D eigenvalue weighted by atomic mass is 10.8. The summed E-state index contributed by atoms with van der Waals surface area (Å²) in [6.07, 6.45) is 0.617. The first-order valence-electron chi connectivity index (χ1n) is 3.47. The summed E-state index contributed by atoms with van der Waals surface area (Å²) in [5.41, 5.74) is 0. The zero-order chi connectivity index (χ0) is 9.07. The average molecular weight is 195 g/mol. The van der Waals surface area contributed by atoms with Gasteiger partial charge in [0, 0.05) is 20.3 Å². The first-order valence-corrected chi connectivity index (χ1v) is 7.69. The van der Waals surface area contributed by atoms with Crippen LogP contribution in [0.25, 0.3) is 0 Å². The van der Waals surface area contributed by atoms with Gasteiger partial charge in [0.1, 0.15) is 0 Å². The first-order chi connectivity index (χ1) is 4.83. The Labute approximate surface area is 73.4 Å². The third kappa shape index (κ3) is 6.19. The van der Waals surface area contributed by atoms with Crippen LogP contribution in [0.15, 0.2) is 0 Å². The Hall–Kier alpha value is -0.223. The minimum absolute atomic E-state index is 0.0776. The van der Waals surface area contributed by atoms with E-state index in [9.17, 15) is 4.79 Å². The van der Waals surface area contributed by atoms with Gasteiger partial charge in [-0.05, 0) is 0 Å². The van der Waals surface area contributed by atoms with E-state index in [1.165, 1.54) is 4.90 Å². The summed E-state index contributed by atoms with van der Waals surface area (Å²) in [4.78, 5) is 12.5. The fourth-order valence-corrected chi connectivity index (χ4v) is 1.22. The molecule has 0 aliphatic rings. The summed E-state index contributed by atoms with van der Waals surface area (Å²) < 4.78 is 0. The topological polar surface area (TPSA) is 32.3 Å². The number of carbonyl (C=O) groups is 1. The van der Waals surface area contributed by atoms with Crippen molar-refractivity contribution in [1.82, 2.24) is 10.2 Å². The van der Waals surface area contributed by atoms with E-state index in [0.717, 1.165) is 0 Å². The molecular formula is C6H15ClN2OSi. The molecule has 0 saturated heterocycles. The number of amides is 2. The zero-order valence-electron chi connectivity index (χ0n) is 7.44. The van der Waals surface area contributed by atoms with Crippen LogP contribution in [-0.2, 0) is 0 Å². The van der Waals surface area contributed by atoms with Crippen molar-refractivity contribution in [3.63, 3.8) is 0 Å². The van der Waals surface area contributed by atoms with E-state index >= 15 is 0 Å². The highest BCUT2D eigenvalue weighted by molar-refractivity contribution is 7.19. The van der Waals surface area contributed by atoms with Gasteiger partial charge in [-0.1, -0.05) is 13.1 Å². The molecule has 5 heteroatoms. The lowest BCUT2D eigenvalue weighted by Crippen LogP contribution is -2.42. The molecule has 66 valence electrons. The van der Waals surface area contributed by atoms with Gasteiger partial charge in [0.2, 0.25) is 0 Å². The molecule has 0 aromatic carbocycles. The molecule has 1 N–H and O–H groups in total. The molecule has 2 amide bonds. The molecule has 3 nitrogen and oxygen atoms in total. The van der Waals surface area contributed by atoms with Crippen LogP contribution in [0.5, 0.6) is 0 Å². The highest BCUT2D eigenvalue weighted by Crippen LogP contribution is 2.04. The zero-order valence-corrected chi connectivity index (χ0v) is 9.20. The molecule has 0 aromatic rings. The normalized spacial score (nSPS) is 11.0. The maximum Gasteiger partial charge on any atom is 0.316 e.